The molecule has 0 aromatic heterocycles. The van der Waals surface area contributed by atoms with Gasteiger partial charge in [-0.3, -0.25) is 4.72 Å². The highest BCUT2D eigenvalue weighted by molar-refractivity contribution is 7.92. The van der Waals surface area contributed by atoms with Gasteiger partial charge < -0.3 is 10.2 Å². The largest absolute Gasteiger partial charge is 0.506 e. The van der Waals surface area contributed by atoms with E-state index in [1.54, 1.807) is 12.1 Å². The lowest BCUT2D eigenvalue weighted by Gasteiger charge is -2.09. The van der Waals surface area contributed by atoms with Gasteiger partial charge in [0.2, 0.25) is 0 Å². The summed E-state index contributed by atoms with van der Waals surface area (Å²) < 4.78 is 26.9. The summed E-state index contributed by atoms with van der Waals surface area (Å²) in [5.74, 6) is -0.113. The maximum absolute atomic E-state index is 12.3. The lowest BCUT2D eigenvalue weighted by Crippen LogP contribution is -2.12. The molecule has 0 bridgehead atoms. The predicted octanol–water partition coefficient (Wildman–Crippen LogP) is 2.77. The number of phenolic OH excluding ortho intramolecular Hbond substituents is 1. The molecule has 0 aliphatic rings. The fourth-order valence-electron chi connectivity index (χ4n) is 1.90. The summed E-state index contributed by atoms with van der Waals surface area (Å²) in [6.07, 6.45) is 1.33. The van der Waals surface area contributed by atoms with E-state index in [1.165, 1.54) is 30.3 Å². The summed E-state index contributed by atoms with van der Waals surface area (Å²) in [5, 5.41) is 18.2. The fourth-order valence-corrected chi connectivity index (χ4v) is 3.13. The molecule has 0 saturated carbocycles. The molecule has 3 N–H and O–H groups in total. The Morgan fingerprint density at radius 1 is 1.09 bits per heavy atom. The number of sulfonamides is 1. The number of benzene rings is 2. The first-order chi connectivity index (χ1) is 10.4. The molecule has 2 aromatic carbocycles. The third-order valence-corrected chi connectivity index (χ3v) is 4.76. The van der Waals surface area contributed by atoms with Gasteiger partial charge in [0.05, 0.1) is 15.6 Å². The van der Waals surface area contributed by atoms with Gasteiger partial charge in [0.25, 0.3) is 10.0 Å². The maximum atomic E-state index is 12.3. The third-order valence-electron chi connectivity index (χ3n) is 3.06. The Hall–Kier alpha value is -1.76. The molecule has 2 aromatic rings. The first kappa shape index (κ1) is 16.6. The van der Waals surface area contributed by atoms with Crippen molar-refractivity contribution in [1.82, 2.24) is 0 Å². The summed E-state index contributed by atoms with van der Waals surface area (Å²) in [5.41, 5.74) is 1.23. The van der Waals surface area contributed by atoms with E-state index in [0.29, 0.717) is 12.8 Å². The summed E-state index contributed by atoms with van der Waals surface area (Å²) in [4.78, 5) is 0.129. The van der Waals surface area contributed by atoms with E-state index in [2.05, 4.69) is 4.72 Å². The van der Waals surface area contributed by atoms with Gasteiger partial charge in [-0.15, -0.1) is 0 Å². The number of aryl methyl sites for hydroxylation is 1. The third kappa shape index (κ3) is 4.13. The van der Waals surface area contributed by atoms with Gasteiger partial charge in [-0.2, -0.15) is 0 Å². The SMILES string of the molecule is O=S(=O)(Nc1ccc(O)c(Cl)c1)c1ccc(CCCO)cc1. The van der Waals surface area contributed by atoms with Crippen LogP contribution in [0.15, 0.2) is 47.4 Å². The highest BCUT2D eigenvalue weighted by Crippen LogP contribution is 2.27. The van der Waals surface area contributed by atoms with Gasteiger partial charge in [-0.1, -0.05) is 23.7 Å². The zero-order chi connectivity index (χ0) is 16.2. The molecule has 0 heterocycles. The summed E-state index contributed by atoms with van der Waals surface area (Å²) in [7, 11) is -3.72. The van der Waals surface area contributed by atoms with Gasteiger partial charge in [-0.05, 0) is 48.7 Å². The molecule has 0 fully saturated rings. The van der Waals surface area contributed by atoms with Gasteiger partial charge in [-0.25, -0.2) is 8.42 Å². The van der Waals surface area contributed by atoms with Crippen LogP contribution >= 0.6 is 11.6 Å². The molecule has 2 rings (SSSR count). The Morgan fingerprint density at radius 3 is 2.36 bits per heavy atom. The molecule has 22 heavy (non-hydrogen) atoms. The Balaban J connectivity index is 2.17. The monoisotopic (exact) mass is 341 g/mol. The number of anilines is 1. The van der Waals surface area contributed by atoms with Crippen LogP contribution in [-0.2, 0) is 16.4 Å². The fraction of sp³-hybridized carbons (Fsp3) is 0.200. The van der Waals surface area contributed by atoms with E-state index >= 15 is 0 Å². The lowest BCUT2D eigenvalue weighted by atomic mass is 10.1. The van der Waals surface area contributed by atoms with Crippen LogP contribution < -0.4 is 4.72 Å². The van der Waals surface area contributed by atoms with Gasteiger partial charge in [0, 0.05) is 6.61 Å². The molecule has 0 unspecified atom stereocenters. The number of aliphatic hydroxyl groups excluding tert-OH is 1. The second kappa shape index (κ2) is 7.00. The molecule has 118 valence electrons. The normalized spacial score (nSPS) is 11.4. The molecule has 0 aliphatic heterocycles. The molecular weight excluding hydrogens is 326 g/mol. The van der Waals surface area contributed by atoms with Crippen LogP contribution in [0, 0.1) is 0 Å². The Labute approximate surface area is 134 Å². The average Bonchev–Trinajstić information content (AvgIpc) is 2.49. The summed E-state index contributed by atoms with van der Waals surface area (Å²) >= 11 is 5.75. The van der Waals surface area contributed by atoms with Crippen LogP contribution in [0.1, 0.15) is 12.0 Å². The van der Waals surface area contributed by atoms with Crippen LogP contribution in [0.25, 0.3) is 0 Å². The number of nitrogens with one attached hydrogen (secondary N) is 1. The molecule has 0 spiro atoms. The molecule has 0 aliphatic carbocycles. The first-order valence-corrected chi connectivity index (χ1v) is 8.49. The van der Waals surface area contributed by atoms with Crippen LogP contribution in [0.4, 0.5) is 5.69 Å². The molecular formula is C15H16ClNO4S. The van der Waals surface area contributed by atoms with Crippen molar-refractivity contribution in [3.05, 3.63) is 53.1 Å². The first-order valence-electron chi connectivity index (χ1n) is 6.63. The smallest absolute Gasteiger partial charge is 0.261 e. The van der Waals surface area contributed by atoms with Crippen LogP contribution in [-0.4, -0.2) is 25.2 Å². The van der Waals surface area contributed by atoms with Crippen LogP contribution in [0.3, 0.4) is 0 Å². The van der Waals surface area contributed by atoms with E-state index in [-0.39, 0.29) is 28.0 Å². The second-order valence-electron chi connectivity index (χ2n) is 4.74. The van der Waals surface area contributed by atoms with E-state index in [0.717, 1.165) is 5.56 Å². The zero-order valence-electron chi connectivity index (χ0n) is 11.7. The van der Waals surface area contributed by atoms with Crippen molar-refractivity contribution in [2.24, 2.45) is 0 Å². The number of rotatable bonds is 6. The highest BCUT2D eigenvalue weighted by Gasteiger charge is 2.14. The highest BCUT2D eigenvalue weighted by atomic mass is 35.5. The minimum absolute atomic E-state index is 0.0690. The number of halogens is 1. The number of aromatic hydroxyl groups is 1. The quantitative estimate of drug-likeness (QED) is 0.705. The maximum Gasteiger partial charge on any atom is 0.261 e. The van der Waals surface area contributed by atoms with E-state index in [1.807, 2.05) is 0 Å². The zero-order valence-corrected chi connectivity index (χ0v) is 13.2. The van der Waals surface area contributed by atoms with Crippen molar-refractivity contribution in [2.45, 2.75) is 17.7 Å². The van der Waals surface area contributed by atoms with Gasteiger partial charge in [0.15, 0.2) is 0 Å². The van der Waals surface area contributed by atoms with Crippen molar-refractivity contribution in [1.29, 1.82) is 0 Å². The van der Waals surface area contributed by atoms with E-state index in [4.69, 9.17) is 16.7 Å². The van der Waals surface area contributed by atoms with E-state index < -0.39 is 10.0 Å². The molecule has 7 heteroatoms. The van der Waals surface area contributed by atoms with Crippen molar-refractivity contribution in [3.8, 4) is 5.75 Å². The number of aliphatic hydroxyl groups is 1. The molecule has 5 nitrogen and oxygen atoms in total. The topological polar surface area (TPSA) is 86.6 Å². The minimum atomic E-state index is -3.72. The van der Waals surface area contributed by atoms with Gasteiger partial charge >= 0.3 is 0 Å². The average molecular weight is 342 g/mol. The van der Waals surface area contributed by atoms with Crippen LogP contribution in [0.5, 0.6) is 5.75 Å². The summed E-state index contributed by atoms with van der Waals surface area (Å²) in [6.45, 7) is 0.100. The standard InChI is InChI=1S/C15H16ClNO4S/c16-14-10-12(5-8-15(14)19)17-22(20,21)13-6-3-11(4-7-13)2-1-9-18/h3-8,10,17-19H,1-2,9H2. The Bertz CT molecular complexity index is 745. The number of phenols is 1. The number of hydrogen-bond acceptors (Lipinski definition) is 4. The Kier molecular flexibility index (Phi) is 5.28. The summed E-state index contributed by atoms with van der Waals surface area (Å²) in [6, 6.07) is 10.5. The van der Waals surface area contributed by atoms with E-state index in [9.17, 15) is 13.5 Å². The van der Waals surface area contributed by atoms with Crippen molar-refractivity contribution in [2.75, 3.05) is 11.3 Å². The van der Waals surface area contributed by atoms with Crippen molar-refractivity contribution < 1.29 is 18.6 Å². The van der Waals surface area contributed by atoms with Crippen LogP contribution in [0.2, 0.25) is 5.02 Å². The van der Waals surface area contributed by atoms with Gasteiger partial charge in [0.1, 0.15) is 5.75 Å². The second-order valence-corrected chi connectivity index (χ2v) is 6.83. The minimum Gasteiger partial charge on any atom is -0.506 e. The lowest BCUT2D eigenvalue weighted by molar-refractivity contribution is 0.288. The molecule has 0 radical (unpaired) electrons. The van der Waals surface area contributed by atoms with Crippen molar-refractivity contribution >= 4 is 27.3 Å². The molecule has 0 amide bonds. The molecule has 0 saturated heterocycles. The Morgan fingerprint density at radius 2 is 1.77 bits per heavy atom. The number of hydrogen-bond donors (Lipinski definition) is 3. The molecule has 0 atom stereocenters. The van der Waals surface area contributed by atoms with Crippen molar-refractivity contribution in [3.63, 3.8) is 0 Å². The predicted molar refractivity (Wildman–Crippen MR) is 85.8 cm³/mol.